The summed E-state index contributed by atoms with van der Waals surface area (Å²) in [6.45, 7) is 1.74. The second kappa shape index (κ2) is 5.46. The fraction of sp³-hybridized carbons (Fsp3) is 0.214. The third kappa shape index (κ3) is 3.06. The second-order valence-corrected chi connectivity index (χ2v) is 4.70. The number of benzene rings is 1. The van der Waals surface area contributed by atoms with Crippen LogP contribution in [0.25, 0.3) is 0 Å². The van der Waals surface area contributed by atoms with Crippen molar-refractivity contribution in [1.82, 2.24) is 4.98 Å². The summed E-state index contributed by atoms with van der Waals surface area (Å²) in [5.41, 5.74) is 8.65. The quantitative estimate of drug-likeness (QED) is 0.863. The molecule has 1 aromatic carbocycles. The molecule has 0 saturated heterocycles. The average molecular weight is 265 g/mol. The molecule has 0 amide bonds. The van der Waals surface area contributed by atoms with Crippen LogP contribution in [-0.2, 0) is 6.42 Å². The van der Waals surface area contributed by atoms with Crippen LogP contribution in [0.4, 0.5) is 4.39 Å². The molecule has 94 valence electrons. The molecule has 4 heteroatoms. The van der Waals surface area contributed by atoms with Crippen molar-refractivity contribution < 1.29 is 4.39 Å². The van der Waals surface area contributed by atoms with E-state index in [0.29, 0.717) is 17.1 Å². The Morgan fingerprint density at radius 2 is 2.11 bits per heavy atom. The summed E-state index contributed by atoms with van der Waals surface area (Å²) >= 11 is 5.72. The van der Waals surface area contributed by atoms with Gasteiger partial charge in [0.2, 0.25) is 0 Å². The van der Waals surface area contributed by atoms with Crippen molar-refractivity contribution in [2.45, 2.75) is 19.4 Å². The fourth-order valence-corrected chi connectivity index (χ4v) is 1.92. The Balaban J connectivity index is 2.13. The Morgan fingerprint density at radius 3 is 2.72 bits per heavy atom. The molecule has 1 unspecified atom stereocenters. The van der Waals surface area contributed by atoms with Crippen molar-refractivity contribution in [3.63, 3.8) is 0 Å². The molecule has 0 saturated carbocycles. The van der Waals surface area contributed by atoms with Gasteiger partial charge >= 0.3 is 0 Å². The first-order valence-corrected chi connectivity index (χ1v) is 6.06. The molecular formula is C14H14ClFN2. The molecule has 2 N–H and O–H groups in total. The van der Waals surface area contributed by atoms with Gasteiger partial charge in [-0.2, -0.15) is 0 Å². The van der Waals surface area contributed by atoms with E-state index in [-0.39, 0.29) is 11.9 Å². The number of halogens is 2. The summed E-state index contributed by atoms with van der Waals surface area (Å²) in [7, 11) is 0. The van der Waals surface area contributed by atoms with Crippen LogP contribution in [0.15, 0.2) is 36.5 Å². The standard InChI is InChI=1S/C14H14ClFN2/c1-9-6-10(2-4-12(9)16)7-13(17)11-3-5-14(15)18-8-11/h2-6,8,13H,7,17H2,1H3. The van der Waals surface area contributed by atoms with Gasteiger partial charge < -0.3 is 5.73 Å². The zero-order valence-corrected chi connectivity index (χ0v) is 10.8. The van der Waals surface area contributed by atoms with Crippen LogP contribution in [0.5, 0.6) is 0 Å². The van der Waals surface area contributed by atoms with Crippen LogP contribution in [-0.4, -0.2) is 4.98 Å². The lowest BCUT2D eigenvalue weighted by molar-refractivity contribution is 0.616. The maximum Gasteiger partial charge on any atom is 0.129 e. The molecule has 0 radical (unpaired) electrons. The molecule has 2 rings (SSSR count). The van der Waals surface area contributed by atoms with Gasteiger partial charge in [-0.05, 0) is 42.2 Å². The summed E-state index contributed by atoms with van der Waals surface area (Å²) in [6, 6.07) is 8.45. The molecule has 2 aromatic rings. The van der Waals surface area contributed by atoms with Crippen molar-refractivity contribution >= 4 is 11.6 Å². The Hall–Kier alpha value is -1.45. The fourth-order valence-electron chi connectivity index (χ4n) is 1.81. The Labute approximate surface area is 111 Å². The van der Waals surface area contributed by atoms with Gasteiger partial charge in [0.05, 0.1) is 0 Å². The van der Waals surface area contributed by atoms with E-state index in [0.717, 1.165) is 11.1 Å². The summed E-state index contributed by atoms with van der Waals surface area (Å²) in [5.74, 6) is -0.194. The molecule has 0 bridgehead atoms. The van der Waals surface area contributed by atoms with Gasteiger partial charge in [0, 0.05) is 12.2 Å². The number of hydrogen-bond donors (Lipinski definition) is 1. The topological polar surface area (TPSA) is 38.9 Å². The molecule has 1 atom stereocenters. The van der Waals surface area contributed by atoms with Gasteiger partial charge in [0.1, 0.15) is 11.0 Å². The molecule has 0 aliphatic carbocycles. The maximum atomic E-state index is 13.1. The Bertz CT molecular complexity index is 540. The van der Waals surface area contributed by atoms with Crippen LogP contribution in [0, 0.1) is 12.7 Å². The zero-order chi connectivity index (χ0) is 13.1. The number of nitrogens with zero attached hydrogens (tertiary/aromatic N) is 1. The minimum absolute atomic E-state index is 0.167. The number of rotatable bonds is 3. The number of aryl methyl sites for hydroxylation is 1. The van der Waals surface area contributed by atoms with Crippen molar-refractivity contribution in [3.8, 4) is 0 Å². The second-order valence-electron chi connectivity index (χ2n) is 4.31. The number of nitrogens with two attached hydrogens (primary N) is 1. The molecule has 1 aromatic heterocycles. The summed E-state index contributed by atoms with van der Waals surface area (Å²) < 4.78 is 13.1. The van der Waals surface area contributed by atoms with E-state index in [1.807, 2.05) is 12.1 Å². The minimum Gasteiger partial charge on any atom is -0.324 e. The van der Waals surface area contributed by atoms with E-state index in [9.17, 15) is 4.39 Å². The van der Waals surface area contributed by atoms with Gasteiger partial charge in [-0.25, -0.2) is 9.37 Å². The molecule has 0 fully saturated rings. The third-order valence-electron chi connectivity index (χ3n) is 2.86. The monoisotopic (exact) mass is 264 g/mol. The maximum absolute atomic E-state index is 13.1. The third-order valence-corrected chi connectivity index (χ3v) is 3.08. The summed E-state index contributed by atoms with van der Waals surface area (Å²) in [6.07, 6.45) is 2.31. The first-order valence-electron chi connectivity index (χ1n) is 5.68. The molecule has 0 aliphatic heterocycles. The lowest BCUT2D eigenvalue weighted by atomic mass is 10.00. The first-order chi connectivity index (χ1) is 8.56. The van der Waals surface area contributed by atoms with Crippen LogP contribution in [0.1, 0.15) is 22.7 Å². The lowest BCUT2D eigenvalue weighted by Gasteiger charge is -2.12. The van der Waals surface area contributed by atoms with Gasteiger partial charge in [-0.1, -0.05) is 29.8 Å². The smallest absolute Gasteiger partial charge is 0.129 e. The highest BCUT2D eigenvalue weighted by Gasteiger charge is 2.08. The van der Waals surface area contributed by atoms with Crippen molar-refractivity contribution in [2.75, 3.05) is 0 Å². The van der Waals surface area contributed by atoms with E-state index in [1.54, 1.807) is 25.3 Å². The molecular weight excluding hydrogens is 251 g/mol. The van der Waals surface area contributed by atoms with Crippen molar-refractivity contribution in [2.24, 2.45) is 5.73 Å². The Kier molecular flexibility index (Phi) is 3.94. The van der Waals surface area contributed by atoms with E-state index in [2.05, 4.69) is 4.98 Å². The molecule has 2 nitrogen and oxygen atoms in total. The zero-order valence-electron chi connectivity index (χ0n) is 10.0. The number of aromatic nitrogens is 1. The van der Waals surface area contributed by atoms with Crippen LogP contribution < -0.4 is 5.73 Å². The largest absolute Gasteiger partial charge is 0.324 e. The minimum atomic E-state index is -0.194. The highest BCUT2D eigenvalue weighted by molar-refractivity contribution is 6.29. The van der Waals surface area contributed by atoms with Crippen LogP contribution in [0.3, 0.4) is 0 Å². The summed E-state index contributed by atoms with van der Waals surface area (Å²) in [4.78, 5) is 4.00. The summed E-state index contributed by atoms with van der Waals surface area (Å²) in [5, 5.41) is 0.448. The van der Waals surface area contributed by atoms with E-state index >= 15 is 0 Å². The van der Waals surface area contributed by atoms with Crippen LogP contribution >= 0.6 is 11.6 Å². The highest BCUT2D eigenvalue weighted by Crippen LogP contribution is 2.18. The van der Waals surface area contributed by atoms with Crippen molar-refractivity contribution in [1.29, 1.82) is 0 Å². The molecule has 1 heterocycles. The van der Waals surface area contributed by atoms with E-state index in [1.165, 1.54) is 6.07 Å². The first kappa shape index (κ1) is 13.0. The van der Waals surface area contributed by atoms with Crippen LogP contribution in [0.2, 0.25) is 5.15 Å². The highest BCUT2D eigenvalue weighted by atomic mass is 35.5. The average Bonchev–Trinajstić information content (AvgIpc) is 2.34. The molecule has 0 aliphatic rings. The molecule has 18 heavy (non-hydrogen) atoms. The lowest BCUT2D eigenvalue weighted by Crippen LogP contribution is -2.13. The van der Waals surface area contributed by atoms with Crippen molar-refractivity contribution in [3.05, 3.63) is 64.2 Å². The van der Waals surface area contributed by atoms with Gasteiger partial charge in [0.25, 0.3) is 0 Å². The number of hydrogen-bond acceptors (Lipinski definition) is 2. The molecule has 0 spiro atoms. The van der Waals surface area contributed by atoms with Gasteiger partial charge in [-0.3, -0.25) is 0 Å². The van der Waals surface area contributed by atoms with Gasteiger partial charge in [0.15, 0.2) is 0 Å². The normalized spacial score (nSPS) is 12.4. The predicted octanol–water partition coefficient (Wildman–Crippen LogP) is 3.43. The SMILES string of the molecule is Cc1cc(CC(N)c2ccc(Cl)nc2)ccc1F. The Morgan fingerprint density at radius 1 is 1.33 bits per heavy atom. The number of pyridine rings is 1. The predicted molar refractivity (Wildman–Crippen MR) is 71.0 cm³/mol. The van der Waals surface area contributed by atoms with E-state index in [4.69, 9.17) is 17.3 Å². The van der Waals surface area contributed by atoms with E-state index < -0.39 is 0 Å². The van der Waals surface area contributed by atoms with Gasteiger partial charge in [-0.15, -0.1) is 0 Å².